The second-order valence-electron chi connectivity index (χ2n) is 4.02. The van der Waals surface area contributed by atoms with E-state index in [4.69, 9.17) is 10.5 Å². The van der Waals surface area contributed by atoms with Gasteiger partial charge in [-0.3, -0.25) is 0 Å². The highest BCUT2D eigenvalue weighted by molar-refractivity contribution is 5.21. The summed E-state index contributed by atoms with van der Waals surface area (Å²) in [5, 5.41) is 0. The van der Waals surface area contributed by atoms with Crippen molar-refractivity contribution in [2.24, 2.45) is 11.7 Å². The fourth-order valence-electron chi connectivity index (χ4n) is 2.05. The topological polar surface area (TPSA) is 35.2 Å². The van der Waals surface area contributed by atoms with Crippen molar-refractivity contribution >= 4 is 0 Å². The molecule has 3 heteroatoms. The van der Waals surface area contributed by atoms with Crippen molar-refractivity contribution < 1.29 is 9.13 Å². The molecule has 1 aliphatic rings. The molecule has 0 aliphatic carbocycles. The van der Waals surface area contributed by atoms with Crippen LogP contribution in [0.25, 0.3) is 0 Å². The summed E-state index contributed by atoms with van der Waals surface area (Å²) in [4.78, 5) is 0. The van der Waals surface area contributed by atoms with E-state index in [1.807, 2.05) is 6.07 Å². The molecular formula is C12H16FNO. The molecule has 2 atom stereocenters. The SMILES string of the molecule is NC(c1ccccc1F)C1CCCOC1. The number of halogens is 1. The van der Waals surface area contributed by atoms with Crippen LogP contribution in [0.15, 0.2) is 24.3 Å². The normalized spacial score (nSPS) is 23.7. The molecule has 1 aromatic rings. The van der Waals surface area contributed by atoms with Gasteiger partial charge < -0.3 is 10.5 Å². The fourth-order valence-corrected chi connectivity index (χ4v) is 2.05. The lowest BCUT2D eigenvalue weighted by Crippen LogP contribution is -2.29. The first-order valence-electron chi connectivity index (χ1n) is 5.37. The van der Waals surface area contributed by atoms with Gasteiger partial charge in [0.05, 0.1) is 6.61 Å². The zero-order valence-corrected chi connectivity index (χ0v) is 8.66. The van der Waals surface area contributed by atoms with E-state index in [-0.39, 0.29) is 17.8 Å². The first kappa shape index (κ1) is 10.6. The summed E-state index contributed by atoms with van der Waals surface area (Å²) in [7, 11) is 0. The predicted molar refractivity (Wildman–Crippen MR) is 56.9 cm³/mol. The van der Waals surface area contributed by atoms with Crippen LogP contribution in [0.5, 0.6) is 0 Å². The van der Waals surface area contributed by atoms with Gasteiger partial charge in [-0.1, -0.05) is 18.2 Å². The summed E-state index contributed by atoms with van der Waals surface area (Å²) in [6.07, 6.45) is 2.04. The molecule has 2 nitrogen and oxygen atoms in total. The molecule has 1 saturated heterocycles. The van der Waals surface area contributed by atoms with Crippen molar-refractivity contribution in [1.82, 2.24) is 0 Å². The molecule has 0 radical (unpaired) electrons. The van der Waals surface area contributed by atoms with Crippen LogP contribution in [-0.2, 0) is 4.74 Å². The zero-order valence-electron chi connectivity index (χ0n) is 8.66. The van der Waals surface area contributed by atoms with E-state index < -0.39 is 0 Å². The lowest BCUT2D eigenvalue weighted by Gasteiger charge is -2.27. The Morgan fingerprint density at radius 2 is 2.20 bits per heavy atom. The number of benzene rings is 1. The van der Waals surface area contributed by atoms with E-state index in [9.17, 15) is 4.39 Å². The molecule has 82 valence electrons. The van der Waals surface area contributed by atoms with E-state index in [2.05, 4.69) is 0 Å². The molecule has 0 bridgehead atoms. The van der Waals surface area contributed by atoms with Gasteiger partial charge in [-0.05, 0) is 18.9 Å². The summed E-state index contributed by atoms with van der Waals surface area (Å²) in [5.41, 5.74) is 6.66. The summed E-state index contributed by atoms with van der Waals surface area (Å²) in [5.74, 6) is 0.0335. The molecule has 1 fully saturated rings. The van der Waals surface area contributed by atoms with E-state index in [0.717, 1.165) is 19.4 Å². The van der Waals surface area contributed by atoms with Crippen LogP contribution in [0.4, 0.5) is 4.39 Å². The Morgan fingerprint density at radius 3 is 2.87 bits per heavy atom. The third-order valence-electron chi connectivity index (χ3n) is 2.97. The van der Waals surface area contributed by atoms with E-state index in [1.165, 1.54) is 6.07 Å². The summed E-state index contributed by atoms with van der Waals surface area (Å²) < 4.78 is 18.8. The minimum atomic E-state index is -0.244. The van der Waals surface area contributed by atoms with Crippen LogP contribution >= 0.6 is 0 Å². The average molecular weight is 209 g/mol. The van der Waals surface area contributed by atoms with Gasteiger partial charge in [0.25, 0.3) is 0 Å². The Bertz CT molecular complexity index is 323. The third-order valence-corrected chi connectivity index (χ3v) is 2.97. The first-order chi connectivity index (χ1) is 7.29. The lowest BCUT2D eigenvalue weighted by molar-refractivity contribution is 0.0443. The molecule has 1 aromatic carbocycles. The zero-order chi connectivity index (χ0) is 10.7. The maximum absolute atomic E-state index is 13.5. The molecule has 0 amide bonds. The highest BCUT2D eigenvalue weighted by Gasteiger charge is 2.24. The van der Waals surface area contributed by atoms with Gasteiger partial charge in [-0.25, -0.2) is 4.39 Å². The maximum atomic E-state index is 13.5. The van der Waals surface area contributed by atoms with Crippen molar-refractivity contribution in [1.29, 1.82) is 0 Å². The Kier molecular flexibility index (Phi) is 3.34. The van der Waals surface area contributed by atoms with Gasteiger partial charge in [0.1, 0.15) is 5.82 Å². The number of hydrogen-bond donors (Lipinski definition) is 1. The van der Waals surface area contributed by atoms with Crippen LogP contribution in [0.1, 0.15) is 24.4 Å². The molecule has 0 spiro atoms. The molecular weight excluding hydrogens is 193 g/mol. The highest BCUT2D eigenvalue weighted by atomic mass is 19.1. The van der Waals surface area contributed by atoms with Gasteiger partial charge in [0.15, 0.2) is 0 Å². The lowest BCUT2D eigenvalue weighted by atomic mass is 9.89. The average Bonchev–Trinajstić information content (AvgIpc) is 2.30. The van der Waals surface area contributed by atoms with E-state index in [0.29, 0.717) is 12.2 Å². The van der Waals surface area contributed by atoms with Crippen LogP contribution in [0.3, 0.4) is 0 Å². The molecule has 1 aliphatic heterocycles. The third kappa shape index (κ3) is 2.36. The highest BCUT2D eigenvalue weighted by Crippen LogP contribution is 2.27. The number of hydrogen-bond acceptors (Lipinski definition) is 2. The monoisotopic (exact) mass is 209 g/mol. The second-order valence-corrected chi connectivity index (χ2v) is 4.02. The number of ether oxygens (including phenoxy) is 1. The van der Waals surface area contributed by atoms with Gasteiger partial charge in [-0.2, -0.15) is 0 Å². The minimum absolute atomic E-state index is 0.212. The van der Waals surface area contributed by atoms with Gasteiger partial charge in [-0.15, -0.1) is 0 Å². The van der Waals surface area contributed by atoms with Crippen molar-refractivity contribution in [3.8, 4) is 0 Å². The molecule has 2 N–H and O–H groups in total. The summed E-state index contributed by atoms with van der Waals surface area (Å²) in [6.45, 7) is 1.45. The Balaban J connectivity index is 2.12. The van der Waals surface area contributed by atoms with Crippen LogP contribution in [-0.4, -0.2) is 13.2 Å². The van der Waals surface area contributed by atoms with Gasteiger partial charge >= 0.3 is 0 Å². The van der Waals surface area contributed by atoms with Crippen molar-refractivity contribution in [3.63, 3.8) is 0 Å². The Labute approximate surface area is 89.2 Å². The Morgan fingerprint density at radius 1 is 1.40 bits per heavy atom. The molecule has 2 unspecified atom stereocenters. The number of rotatable bonds is 2. The predicted octanol–water partition coefficient (Wildman–Crippen LogP) is 2.25. The second kappa shape index (κ2) is 4.73. The van der Waals surface area contributed by atoms with Gasteiger partial charge in [0, 0.05) is 24.1 Å². The van der Waals surface area contributed by atoms with E-state index in [1.54, 1.807) is 12.1 Å². The molecule has 0 saturated carbocycles. The fraction of sp³-hybridized carbons (Fsp3) is 0.500. The Hall–Kier alpha value is -0.930. The van der Waals surface area contributed by atoms with Crippen molar-refractivity contribution in [2.45, 2.75) is 18.9 Å². The standard InChI is InChI=1S/C12H16FNO/c13-11-6-2-1-5-10(11)12(14)9-4-3-7-15-8-9/h1-2,5-6,9,12H,3-4,7-8,14H2. The minimum Gasteiger partial charge on any atom is -0.381 e. The smallest absolute Gasteiger partial charge is 0.127 e. The maximum Gasteiger partial charge on any atom is 0.127 e. The van der Waals surface area contributed by atoms with Gasteiger partial charge in [0.2, 0.25) is 0 Å². The summed E-state index contributed by atoms with van der Waals surface area (Å²) >= 11 is 0. The van der Waals surface area contributed by atoms with Crippen molar-refractivity contribution in [2.75, 3.05) is 13.2 Å². The molecule has 0 aromatic heterocycles. The molecule has 2 rings (SSSR count). The van der Waals surface area contributed by atoms with Crippen molar-refractivity contribution in [3.05, 3.63) is 35.6 Å². The quantitative estimate of drug-likeness (QED) is 0.810. The molecule has 1 heterocycles. The molecule has 15 heavy (non-hydrogen) atoms. The largest absolute Gasteiger partial charge is 0.381 e. The van der Waals surface area contributed by atoms with Crippen LogP contribution in [0, 0.1) is 11.7 Å². The first-order valence-corrected chi connectivity index (χ1v) is 5.37. The number of nitrogens with two attached hydrogens (primary N) is 1. The van der Waals surface area contributed by atoms with Crippen LogP contribution in [0.2, 0.25) is 0 Å². The summed E-state index contributed by atoms with van der Waals surface area (Å²) in [6, 6.07) is 6.48. The van der Waals surface area contributed by atoms with E-state index >= 15 is 0 Å². The van der Waals surface area contributed by atoms with Crippen LogP contribution < -0.4 is 5.73 Å².